The Labute approximate surface area is 94.0 Å². The first-order valence-electron chi connectivity index (χ1n) is 6.55. The van der Waals surface area contributed by atoms with Crippen molar-refractivity contribution >= 4 is 0 Å². The lowest BCUT2D eigenvalue weighted by Gasteiger charge is -2.19. The minimum absolute atomic E-state index is 0.719. The van der Waals surface area contributed by atoms with Gasteiger partial charge in [-0.15, -0.1) is 12.3 Å². The van der Waals surface area contributed by atoms with E-state index in [0.717, 1.165) is 36.8 Å². The highest BCUT2D eigenvalue weighted by atomic mass is 14.9. The van der Waals surface area contributed by atoms with Gasteiger partial charge in [0.25, 0.3) is 0 Å². The first kappa shape index (κ1) is 11.0. The predicted octanol–water partition coefficient (Wildman–Crippen LogP) is 2.81. The monoisotopic (exact) mass is 205 g/mol. The third-order valence-electron chi connectivity index (χ3n) is 4.19. The van der Waals surface area contributed by atoms with Crippen molar-refractivity contribution in [1.82, 2.24) is 5.32 Å². The second kappa shape index (κ2) is 5.03. The van der Waals surface area contributed by atoms with Gasteiger partial charge in [0.15, 0.2) is 0 Å². The Bertz CT molecular complexity index is 230. The van der Waals surface area contributed by atoms with Crippen LogP contribution >= 0.6 is 0 Å². The molecule has 2 aliphatic rings. The lowest BCUT2D eigenvalue weighted by Crippen LogP contribution is -2.33. The van der Waals surface area contributed by atoms with E-state index in [1.54, 1.807) is 0 Å². The van der Waals surface area contributed by atoms with Crippen LogP contribution in [-0.2, 0) is 0 Å². The van der Waals surface area contributed by atoms with Crippen LogP contribution in [0.15, 0.2) is 0 Å². The highest BCUT2D eigenvalue weighted by Crippen LogP contribution is 2.59. The Hall–Kier alpha value is -0.480. The number of hydrogen-bond acceptors (Lipinski definition) is 1. The van der Waals surface area contributed by atoms with Crippen LogP contribution in [0, 0.1) is 30.1 Å². The molecule has 2 saturated carbocycles. The van der Waals surface area contributed by atoms with E-state index in [4.69, 9.17) is 6.42 Å². The lowest BCUT2D eigenvalue weighted by molar-refractivity contribution is 0.389. The number of nitrogens with one attached hydrogen (secondary N) is 1. The molecule has 1 N–H and O–H groups in total. The Morgan fingerprint density at radius 2 is 2.13 bits per heavy atom. The fraction of sp³-hybridized carbons (Fsp3) is 0.857. The minimum atomic E-state index is 0.719. The zero-order chi connectivity index (χ0) is 10.7. The molecule has 15 heavy (non-hydrogen) atoms. The van der Waals surface area contributed by atoms with Crippen molar-refractivity contribution in [3.8, 4) is 12.3 Å². The van der Waals surface area contributed by atoms with Crippen molar-refractivity contribution in [3.63, 3.8) is 0 Å². The first-order valence-corrected chi connectivity index (χ1v) is 6.55. The van der Waals surface area contributed by atoms with Crippen LogP contribution in [0.2, 0.25) is 0 Å². The standard InChI is InChI=1S/C14H23N/c1-3-5-9-13(15-10-4-2)14-11-7-6-8-12(11)14/h1,11-15H,4-10H2,2H3. The fourth-order valence-electron chi connectivity index (χ4n) is 3.47. The molecular weight excluding hydrogens is 182 g/mol. The summed E-state index contributed by atoms with van der Waals surface area (Å²) in [7, 11) is 0. The predicted molar refractivity (Wildman–Crippen MR) is 64.5 cm³/mol. The third kappa shape index (κ3) is 2.37. The van der Waals surface area contributed by atoms with Gasteiger partial charge in [-0.2, -0.15) is 0 Å². The summed E-state index contributed by atoms with van der Waals surface area (Å²) in [4.78, 5) is 0. The van der Waals surface area contributed by atoms with Crippen molar-refractivity contribution in [2.24, 2.45) is 17.8 Å². The summed E-state index contributed by atoms with van der Waals surface area (Å²) in [6.07, 6.45) is 13.2. The Balaban J connectivity index is 1.80. The Kier molecular flexibility index (Phi) is 3.70. The minimum Gasteiger partial charge on any atom is -0.314 e. The number of rotatable bonds is 6. The molecule has 0 aliphatic heterocycles. The molecule has 2 rings (SSSR count). The molecule has 0 aromatic rings. The SMILES string of the molecule is C#CCCC(NCCC)C1C2CCCC21. The molecule has 1 nitrogen and oxygen atoms in total. The van der Waals surface area contributed by atoms with Gasteiger partial charge in [0.1, 0.15) is 0 Å². The van der Waals surface area contributed by atoms with Crippen molar-refractivity contribution < 1.29 is 0 Å². The number of fused-ring (bicyclic) bond motifs is 1. The molecule has 0 aromatic heterocycles. The van der Waals surface area contributed by atoms with Crippen molar-refractivity contribution in [1.29, 1.82) is 0 Å². The summed E-state index contributed by atoms with van der Waals surface area (Å²) in [5, 5.41) is 3.70. The van der Waals surface area contributed by atoms with Crippen molar-refractivity contribution in [2.45, 2.75) is 51.5 Å². The van der Waals surface area contributed by atoms with E-state index in [9.17, 15) is 0 Å². The maximum Gasteiger partial charge on any atom is 0.0110 e. The highest BCUT2D eigenvalue weighted by molar-refractivity contribution is 5.06. The van der Waals surface area contributed by atoms with Crippen LogP contribution in [0.25, 0.3) is 0 Å². The zero-order valence-electron chi connectivity index (χ0n) is 9.84. The molecule has 2 fully saturated rings. The van der Waals surface area contributed by atoms with Gasteiger partial charge >= 0.3 is 0 Å². The third-order valence-corrected chi connectivity index (χ3v) is 4.19. The summed E-state index contributed by atoms with van der Waals surface area (Å²) in [5.41, 5.74) is 0. The van der Waals surface area contributed by atoms with Gasteiger partial charge in [-0.05, 0) is 50.0 Å². The van der Waals surface area contributed by atoms with E-state index in [1.807, 2.05) is 0 Å². The van der Waals surface area contributed by atoms with Gasteiger partial charge < -0.3 is 5.32 Å². The molecule has 0 aromatic carbocycles. The average molecular weight is 205 g/mol. The van der Waals surface area contributed by atoms with Crippen LogP contribution in [-0.4, -0.2) is 12.6 Å². The second-order valence-electron chi connectivity index (χ2n) is 5.14. The molecule has 0 spiro atoms. The smallest absolute Gasteiger partial charge is 0.0110 e. The fourth-order valence-corrected chi connectivity index (χ4v) is 3.47. The average Bonchev–Trinajstić information content (AvgIpc) is 2.73. The Morgan fingerprint density at radius 3 is 2.73 bits per heavy atom. The summed E-state index contributed by atoms with van der Waals surface area (Å²) in [6, 6.07) is 0.719. The zero-order valence-corrected chi connectivity index (χ0v) is 9.84. The van der Waals surface area contributed by atoms with Gasteiger partial charge in [0, 0.05) is 12.5 Å². The molecule has 0 bridgehead atoms. The van der Waals surface area contributed by atoms with Crippen LogP contribution in [0.5, 0.6) is 0 Å². The summed E-state index contributed by atoms with van der Waals surface area (Å²) in [5.74, 6) is 5.86. The largest absolute Gasteiger partial charge is 0.314 e. The highest BCUT2D eigenvalue weighted by Gasteiger charge is 2.55. The van der Waals surface area contributed by atoms with Crippen LogP contribution in [0.3, 0.4) is 0 Å². The van der Waals surface area contributed by atoms with E-state index >= 15 is 0 Å². The van der Waals surface area contributed by atoms with Gasteiger partial charge in [0.05, 0.1) is 0 Å². The maximum atomic E-state index is 5.36. The normalized spacial score (nSPS) is 34.5. The molecular formula is C14H23N. The number of terminal acetylenes is 1. The lowest BCUT2D eigenvalue weighted by atomic mass is 10.00. The molecule has 3 atom stereocenters. The molecule has 0 amide bonds. The molecule has 3 unspecified atom stereocenters. The van der Waals surface area contributed by atoms with Crippen LogP contribution in [0.1, 0.15) is 45.4 Å². The van der Waals surface area contributed by atoms with E-state index in [-0.39, 0.29) is 0 Å². The summed E-state index contributed by atoms with van der Waals surface area (Å²) in [6.45, 7) is 3.39. The van der Waals surface area contributed by atoms with E-state index < -0.39 is 0 Å². The maximum absolute atomic E-state index is 5.36. The van der Waals surface area contributed by atoms with E-state index in [1.165, 1.54) is 32.1 Å². The molecule has 0 heterocycles. The summed E-state index contributed by atoms with van der Waals surface area (Å²) < 4.78 is 0. The van der Waals surface area contributed by atoms with E-state index in [2.05, 4.69) is 18.2 Å². The van der Waals surface area contributed by atoms with Gasteiger partial charge in [0.2, 0.25) is 0 Å². The molecule has 84 valence electrons. The van der Waals surface area contributed by atoms with Gasteiger partial charge in [-0.3, -0.25) is 0 Å². The quantitative estimate of drug-likeness (QED) is 0.657. The van der Waals surface area contributed by atoms with Crippen molar-refractivity contribution in [3.05, 3.63) is 0 Å². The Morgan fingerprint density at radius 1 is 1.40 bits per heavy atom. The second-order valence-corrected chi connectivity index (χ2v) is 5.14. The van der Waals surface area contributed by atoms with Crippen LogP contribution < -0.4 is 5.32 Å². The molecule has 1 heteroatoms. The summed E-state index contributed by atoms with van der Waals surface area (Å²) >= 11 is 0. The molecule has 2 aliphatic carbocycles. The number of hydrogen-bond donors (Lipinski definition) is 1. The van der Waals surface area contributed by atoms with Crippen molar-refractivity contribution in [2.75, 3.05) is 6.54 Å². The first-order chi connectivity index (χ1) is 7.38. The molecule has 0 radical (unpaired) electrons. The van der Waals surface area contributed by atoms with Crippen LogP contribution in [0.4, 0.5) is 0 Å². The van der Waals surface area contributed by atoms with Gasteiger partial charge in [-0.1, -0.05) is 13.3 Å². The topological polar surface area (TPSA) is 12.0 Å². The van der Waals surface area contributed by atoms with Gasteiger partial charge in [-0.25, -0.2) is 0 Å². The molecule has 0 saturated heterocycles. The van der Waals surface area contributed by atoms with E-state index in [0.29, 0.717) is 0 Å².